The molecule has 0 bridgehead atoms. The number of hydrogen-bond acceptors (Lipinski definition) is 3. The molecule has 0 fully saturated rings. The monoisotopic (exact) mass is 73.1 g/mol. The van der Waals surface area contributed by atoms with E-state index < -0.39 is 0 Å². The van der Waals surface area contributed by atoms with E-state index in [0.717, 1.165) is 0 Å². The molecule has 30 valence electrons. The lowest BCUT2D eigenvalue weighted by atomic mass is 10.8. The Hall–Kier alpha value is -0.570. The Morgan fingerprint density at radius 1 is 1.80 bits per heavy atom. The Balaban J connectivity index is 2.62. The molecule has 0 aliphatic heterocycles. The van der Waals surface area contributed by atoms with Crippen LogP contribution in [0.5, 0.6) is 0 Å². The van der Waals surface area contributed by atoms with Gasteiger partial charge in [-0.2, -0.15) is 5.10 Å². The van der Waals surface area contributed by atoms with Gasteiger partial charge in [-0.15, -0.1) is 0 Å². The lowest BCUT2D eigenvalue weighted by molar-refractivity contribution is 1.22. The van der Waals surface area contributed by atoms with Crippen molar-refractivity contribution in [3.8, 4) is 0 Å². The molecule has 0 radical (unpaired) electrons. The fourth-order valence-corrected chi connectivity index (χ4v) is 0.0609. The van der Waals surface area contributed by atoms with E-state index in [1.54, 1.807) is 0 Å². The van der Waals surface area contributed by atoms with Crippen molar-refractivity contribution in [1.82, 2.24) is 0 Å². The molecule has 0 amide bonds. The predicted molar refractivity (Wildman–Crippen MR) is 21.7 cm³/mol. The number of nitrogens with zero attached hydrogens (tertiary/aromatic N) is 1. The van der Waals surface area contributed by atoms with Crippen LogP contribution in [0.2, 0.25) is 0 Å². The maximum absolute atomic E-state index is 4.91. The maximum atomic E-state index is 4.91. The smallest absolute Gasteiger partial charge is 0.0376 e. The first-order valence-electron chi connectivity index (χ1n) is 1.33. The molecule has 5 heavy (non-hydrogen) atoms. The molecule has 0 atom stereocenters. The zero-order valence-corrected chi connectivity index (χ0v) is 2.89. The summed E-state index contributed by atoms with van der Waals surface area (Å²) in [6.07, 6.45) is 1.43. The molecule has 0 saturated heterocycles. The van der Waals surface area contributed by atoms with E-state index in [0.29, 0.717) is 6.54 Å². The Labute approximate surface area is 30.6 Å². The van der Waals surface area contributed by atoms with Gasteiger partial charge in [-0.05, 0) is 0 Å². The van der Waals surface area contributed by atoms with Gasteiger partial charge >= 0.3 is 0 Å². The lowest BCUT2D eigenvalue weighted by Crippen LogP contribution is -2.00. The lowest BCUT2D eigenvalue weighted by Gasteiger charge is -1.67. The molecule has 3 nitrogen and oxygen atoms in total. The summed E-state index contributed by atoms with van der Waals surface area (Å²) in [7, 11) is 0. The minimum atomic E-state index is 0.427. The Kier molecular flexibility index (Phi) is 3.04. The highest BCUT2D eigenvalue weighted by Crippen LogP contribution is 1.33. The van der Waals surface area contributed by atoms with Crippen molar-refractivity contribution >= 4 is 6.21 Å². The third-order valence-corrected chi connectivity index (χ3v) is 0.211. The van der Waals surface area contributed by atoms with Crippen LogP contribution in [-0.2, 0) is 0 Å². The van der Waals surface area contributed by atoms with Crippen molar-refractivity contribution in [1.29, 1.82) is 0 Å². The van der Waals surface area contributed by atoms with Crippen LogP contribution in [0, 0.1) is 0 Å². The molecule has 0 aromatic heterocycles. The van der Waals surface area contributed by atoms with Crippen LogP contribution in [-0.4, -0.2) is 12.8 Å². The van der Waals surface area contributed by atoms with E-state index >= 15 is 0 Å². The van der Waals surface area contributed by atoms with E-state index in [1.165, 1.54) is 6.21 Å². The quantitative estimate of drug-likeness (QED) is 0.235. The van der Waals surface area contributed by atoms with E-state index in [4.69, 9.17) is 5.73 Å². The van der Waals surface area contributed by atoms with Crippen molar-refractivity contribution in [2.45, 2.75) is 0 Å². The highest BCUT2D eigenvalue weighted by Gasteiger charge is 1.52. The first-order valence-corrected chi connectivity index (χ1v) is 1.33. The first kappa shape index (κ1) is 4.43. The van der Waals surface area contributed by atoms with Crippen LogP contribution in [0.1, 0.15) is 0 Å². The van der Waals surface area contributed by atoms with Gasteiger partial charge in [0, 0.05) is 12.8 Å². The van der Waals surface area contributed by atoms with Crippen molar-refractivity contribution in [2.75, 3.05) is 6.54 Å². The largest absolute Gasteiger partial charge is 0.326 e. The third kappa shape index (κ3) is 3.43. The van der Waals surface area contributed by atoms with E-state index in [2.05, 4.69) is 10.9 Å². The second-order valence-electron chi connectivity index (χ2n) is 0.567. The highest BCUT2D eigenvalue weighted by molar-refractivity contribution is 5.58. The van der Waals surface area contributed by atoms with Gasteiger partial charge in [-0.1, -0.05) is 0 Å². The Morgan fingerprint density at radius 3 is 2.40 bits per heavy atom. The fraction of sp³-hybridized carbons (Fsp3) is 0.500. The Morgan fingerprint density at radius 2 is 2.40 bits per heavy atom. The molecular formula is C2H7N3. The minimum Gasteiger partial charge on any atom is -0.326 e. The zero-order chi connectivity index (χ0) is 4.12. The number of hydrazone groups is 1. The summed E-state index contributed by atoms with van der Waals surface area (Å²) in [6.45, 7) is 0.427. The van der Waals surface area contributed by atoms with Crippen molar-refractivity contribution in [2.24, 2.45) is 16.7 Å². The average Bonchev–Trinajstić information content (AvgIpc) is 1.41. The summed E-state index contributed by atoms with van der Waals surface area (Å²) < 4.78 is 0. The minimum absolute atomic E-state index is 0.427. The van der Waals surface area contributed by atoms with Crippen molar-refractivity contribution in [3.63, 3.8) is 0 Å². The average molecular weight is 73.1 g/mol. The summed E-state index contributed by atoms with van der Waals surface area (Å²) in [4.78, 5) is 0. The van der Waals surface area contributed by atoms with Gasteiger partial charge in [0.05, 0.1) is 0 Å². The summed E-state index contributed by atoms with van der Waals surface area (Å²) in [5.74, 6) is 4.63. The van der Waals surface area contributed by atoms with Crippen LogP contribution >= 0.6 is 0 Å². The molecule has 0 aliphatic rings. The first-order chi connectivity index (χ1) is 2.41. The van der Waals surface area contributed by atoms with Gasteiger partial charge in [0.1, 0.15) is 0 Å². The second kappa shape index (κ2) is 3.43. The maximum Gasteiger partial charge on any atom is 0.0376 e. The normalized spacial score (nSPS) is 9.80. The van der Waals surface area contributed by atoms with E-state index in [9.17, 15) is 0 Å². The van der Waals surface area contributed by atoms with Gasteiger partial charge in [0.25, 0.3) is 0 Å². The van der Waals surface area contributed by atoms with Crippen LogP contribution in [0.25, 0.3) is 0 Å². The van der Waals surface area contributed by atoms with Gasteiger partial charge in [-0.3, -0.25) is 0 Å². The molecule has 0 aromatic rings. The molecule has 4 N–H and O–H groups in total. The Bertz CT molecular complexity index is 31.9. The highest BCUT2D eigenvalue weighted by atomic mass is 15.1. The van der Waals surface area contributed by atoms with Crippen LogP contribution < -0.4 is 11.6 Å². The molecule has 3 heteroatoms. The zero-order valence-electron chi connectivity index (χ0n) is 2.89. The van der Waals surface area contributed by atoms with Crippen molar-refractivity contribution in [3.05, 3.63) is 0 Å². The van der Waals surface area contributed by atoms with Crippen LogP contribution in [0.15, 0.2) is 5.10 Å². The van der Waals surface area contributed by atoms with Gasteiger partial charge < -0.3 is 11.6 Å². The van der Waals surface area contributed by atoms with Crippen LogP contribution in [0.3, 0.4) is 0 Å². The summed E-state index contributed by atoms with van der Waals surface area (Å²) in [6, 6.07) is 0. The number of rotatable bonds is 1. The molecule has 0 rings (SSSR count). The van der Waals surface area contributed by atoms with Crippen molar-refractivity contribution < 1.29 is 0 Å². The van der Waals surface area contributed by atoms with Gasteiger partial charge in [0.2, 0.25) is 0 Å². The van der Waals surface area contributed by atoms with Gasteiger partial charge in [-0.25, -0.2) is 0 Å². The van der Waals surface area contributed by atoms with Gasteiger partial charge in [0.15, 0.2) is 0 Å². The molecule has 0 unspecified atom stereocenters. The SMILES string of the molecule is NC/C=N/N. The van der Waals surface area contributed by atoms with E-state index in [1.807, 2.05) is 0 Å². The molecule has 0 saturated carbocycles. The number of nitrogens with two attached hydrogens (primary N) is 2. The third-order valence-electron chi connectivity index (χ3n) is 0.211. The molecule has 0 heterocycles. The molecule has 0 aliphatic carbocycles. The standard InChI is InChI=1S/C2H7N3/c3-1-2-5-4/h2H,1,3-4H2/b5-2+. The predicted octanol–water partition coefficient (Wildman–Crippen LogP) is -1.11. The van der Waals surface area contributed by atoms with Crippen LogP contribution in [0.4, 0.5) is 0 Å². The second-order valence-corrected chi connectivity index (χ2v) is 0.567. The number of hydrogen-bond donors (Lipinski definition) is 2. The summed E-state index contributed by atoms with van der Waals surface area (Å²) in [5, 5.41) is 3.10. The topological polar surface area (TPSA) is 64.4 Å². The van der Waals surface area contributed by atoms with E-state index in [-0.39, 0.29) is 0 Å². The molecular weight excluding hydrogens is 66.0 g/mol. The molecule has 0 spiro atoms. The fourth-order valence-electron chi connectivity index (χ4n) is 0.0609. The molecule has 0 aromatic carbocycles. The summed E-state index contributed by atoms with van der Waals surface area (Å²) in [5.41, 5.74) is 4.91. The summed E-state index contributed by atoms with van der Waals surface area (Å²) >= 11 is 0.